The molecule has 5 nitrogen and oxygen atoms in total. The van der Waals surface area contributed by atoms with E-state index in [-0.39, 0.29) is 5.75 Å². The van der Waals surface area contributed by atoms with Crippen molar-refractivity contribution in [3.05, 3.63) is 85.5 Å². The van der Waals surface area contributed by atoms with Crippen molar-refractivity contribution >= 4 is 10.4 Å². The van der Waals surface area contributed by atoms with Crippen LogP contribution in [0.3, 0.4) is 0 Å². The van der Waals surface area contributed by atoms with Crippen LogP contribution in [0, 0.1) is 0 Å². The van der Waals surface area contributed by atoms with Gasteiger partial charge in [-0.1, -0.05) is 55.1 Å². The van der Waals surface area contributed by atoms with Crippen LogP contribution in [0.25, 0.3) is 0 Å². The van der Waals surface area contributed by atoms with Gasteiger partial charge < -0.3 is 8.92 Å². The molecule has 0 spiro atoms. The largest absolute Gasteiger partial charge is 0.490 e. The normalized spacial score (nSPS) is 10.0. The third-order valence-electron chi connectivity index (χ3n) is 2.64. The minimum absolute atomic E-state index is 0.120. The summed E-state index contributed by atoms with van der Waals surface area (Å²) >= 11 is 0. The van der Waals surface area contributed by atoms with Gasteiger partial charge in [0.1, 0.15) is 18.1 Å². The first-order valence-electron chi connectivity index (χ1n) is 7.10. The summed E-state index contributed by atoms with van der Waals surface area (Å²) < 4.78 is 39.0. The highest BCUT2D eigenvalue weighted by atomic mass is 32.3. The van der Waals surface area contributed by atoms with Crippen LogP contribution in [0.2, 0.25) is 0 Å². The minimum Gasteiger partial charge on any atom is -0.490 e. The van der Waals surface area contributed by atoms with Gasteiger partial charge in [-0.3, -0.25) is 4.55 Å². The minimum atomic E-state index is -4.45. The predicted molar refractivity (Wildman–Crippen MR) is 94.7 cm³/mol. The van der Waals surface area contributed by atoms with Crippen molar-refractivity contribution in [2.24, 2.45) is 0 Å². The average molecular weight is 348 g/mol. The summed E-state index contributed by atoms with van der Waals surface area (Å²) in [6.07, 6.45) is 3.82. The van der Waals surface area contributed by atoms with Gasteiger partial charge in [0.2, 0.25) is 0 Å². The Morgan fingerprint density at radius 2 is 1.58 bits per heavy atom. The molecule has 1 N–H and O–H groups in total. The Balaban J connectivity index is 0.000000254. The van der Waals surface area contributed by atoms with E-state index in [0.29, 0.717) is 18.6 Å². The number of hydrogen-bond acceptors (Lipinski definition) is 4. The molecular weight excluding hydrogens is 328 g/mol. The van der Waals surface area contributed by atoms with Crippen LogP contribution in [-0.4, -0.2) is 19.6 Å². The molecule has 0 radical (unpaired) electrons. The zero-order valence-corrected chi connectivity index (χ0v) is 14.0. The van der Waals surface area contributed by atoms with Gasteiger partial charge in [0, 0.05) is 0 Å². The van der Waals surface area contributed by atoms with Gasteiger partial charge in [0.15, 0.2) is 0 Å². The standard InChI is InChI=1S/C9H10O4S.C9H10O/c1-2-5-8-6-3-4-7-9(8)13-14(10,11)12;1-2-8-10-9-6-4-3-5-7-9/h2-4,6-7H,1,5H2,(H,10,11,12);2-7H,1,8H2. The number of allylic oxidation sites excluding steroid dienone is 1. The molecule has 0 heterocycles. The fourth-order valence-corrected chi connectivity index (χ4v) is 2.08. The molecule has 0 aromatic heterocycles. The van der Waals surface area contributed by atoms with Crippen LogP contribution in [-0.2, 0) is 16.8 Å². The van der Waals surface area contributed by atoms with Gasteiger partial charge in [-0.05, 0) is 30.2 Å². The molecular formula is C18H20O5S. The molecule has 2 rings (SSSR count). The van der Waals surface area contributed by atoms with Crippen molar-refractivity contribution in [3.63, 3.8) is 0 Å². The first-order valence-corrected chi connectivity index (χ1v) is 8.47. The molecule has 0 aliphatic carbocycles. The van der Waals surface area contributed by atoms with Crippen LogP contribution in [0.5, 0.6) is 11.5 Å². The van der Waals surface area contributed by atoms with E-state index in [1.165, 1.54) is 6.07 Å². The molecule has 2 aromatic rings. The van der Waals surface area contributed by atoms with Gasteiger partial charge in [0.25, 0.3) is 0 Å². The summed E-state index contributed by atoms with van der Waals surface area (Å²) in [5.74, 6) is 1.01. The zero-order chi connectivity index (χ0) is 17.8. The van der Waals surface area contributed by atoms with Crippen LogP contribution in [0.4, 0.5) is 0 Å². The topological polar surface area (TPSA) is 72.8 Å². The van der Waals surface area contributed by atoms with E-state index in [1.54, 1.807) is 30.4 Å². The third kappa shape index (κ3) is 8.17. The molecule has 0 aliphatic heterocycles. The Labute approximate surface area is 142 Å². The zero-order valence-electron chi connectivity index (χ0n) is 13.2. The smallest absolute Gasteiger partial charge is 0.446 e. The monoisotopic (exact) mass is 348 g/mol. The lowest BCUT2D eigenvalue weighted by Crippen LogP contribution is -2.08. The maximum absolute atomic E-state index is 10.5. The molecule has 0 atom stereocenters. The molecule has 0 bridgehead atoms. The lowest BCUT2D eigenvalue weighted by Gasteiger charge is -2.05. The predicted octanol–water partition coefficient (Wildman–Crippen LogP) is 3.85. The Hall–Kier alpha value is -2.57. The Morgan fingerprint density at radius 1 is 0.958 bits per heavy atom. The summed E-state index contributed by atoms with van der Waals surface area (Å²) in [7, 11) is -4.45. The highest BCUT2D eigenvalue weighted by Crippen LogP contribution is 2.19. The van der Waals surface area contributed by atoms with Crippen molar-refractivity contribution in [1.82, 2.24) is 0 Å². The van der Waals surface area contributed by atoms with Crippen LogP contribution in [0.15, 0.2) is 79.9 Å². The summed E-state index contributed by atoms with van der Waals surface area (Å²) in [4.78, 5) is 0. The van der Waals surface area contributed by atoms with Crippen molar-refractivity contribution in [3.8, 4) is 11.5 Å². The number of rotatable bonds is 7. The van der Waals surface area contributed by atoms with Gasteiger partial charge >= 0.3 is 10.4 Å². The van der Waals surface area contributed by atoms with Crippen molar-refractivity contribution in [2.75, 3.05) is 6.61 Å². The summed E-state index contributed by atoms with van der Waals surface area (Å²) in [6, 6.07) is 16.2. The second-order valence-electron chi connectivity index (χ2n) is 4.52. The highest BCUT2D eigenvalue weighted by molar-refractivity contribution is 7.81. The molecule has 0 fully saturated rings. The van der Waals surface area contributed by atoms with Crippen molar-refractivity contribution in [1.29, 1.82) is 0 Å². The molecule has 0 amide bonds. The molecule has 2 aromatic carbocycles. The highest BCUT2D eigenvalue weighted by Gasteiger charge is 2.09. The second kappa shape index (κ2) is 10.3. The van der Waals surface area contributed by atoms with E-state index < -0.39 is 10.4 Å². The van der Waals surface area contributed by atoms with Crippen molar-refractivity contribution < 1.29 is 21.9 Å². The molecule has 0 unspecified atom stereocenters. The van der Waals surface area contributed by atoms with E-state index in [9.17, 15) is 8.42 Å². The molecule has 0 saturated carbocycles. The lowest BCUT2D eigenvalue weighted by molar-refractivity contribution is 0.363. The Morgan fingerprint density at radius 3 is 2.17 bits per heavy atom. The Bertz CT molecular complexity index is 739. The van der Waals surface area contributed by atoms with E-state index in [2.05, 4.69) is 17.3 Å². The summed E-state index contributed by atoms with van der Waals surface area (Å²) in [6.45, 7) is 7.65. The molecule has 6 heteroatoms. The van der Waals surface area contributed by atoms with Crippen LogP contribution >= 0.6 is 0 Å². The molecule has 0 saturated heterocycles. The van der Waals surface area contributed by atoms with E-state index in [0.717, 1.165) is 5.75 Å². The van der Waals surface area contributed by atoms with Gasteiger partial charge in [0.05, 0.1) is 0 Å². The van der Waals surface area contributed by atoms with E-state index in [1.807, 2.05) is 30.3 Å². The third-order valence-corrected chi connectivity index (χ3v) is 3.03. The van der Waals surface area contributed by atoms with Crippen molar-refractivity contribution in [2.45, 2.75) is 6.42 Å². The lowest BCUT2D eigenvalue weighted by atomic mass is 10.1. The second-order valence-corrected chi connectivity index (χ2v) is 5.55. The maximum atomic E-state index is 10.5. The van der Waals surface area contributed by atoms with E-state index >= 15 is 0 Å². The fourth-order valence-electron chi connectivity index (χ4n) is 1.69. The van der Waals surface area contributed by atoms with Crippen LogP contribution in [0.1, 0.15) is 5.56 Å². The summed E-state index contributed by atoms with van der Waals surface area (Å²) in [5, 5.41) is 0. The SMILES string of the molecule is C=CCOc1ccccc1.C=CCc1ccccc1OS(=O)(=O)O. The number of ether oxygens (including phenoxy) is 1. The number of benzene rings is 2. The fraction of sp³-hybridized carbons (Fsp3) is 0.111. The van der Waals surface area contributed by atoms with Gasteiger partial charge in [-0.2, -0.15) is 8.42 Å². The number of hydrogen-bond donors (Lipinski definition) is 1. The quantitative estimate of drug-likeness (QED) is 0.608. The molecule has 128 valence electrons. The first-order chi connectivity index (χ1) is 11.5. The molecule has 24 heavy (non-hydrogen) atoms. The molecule has 0 aliphatic rings. The average Bonchev–Trinajstić information content (AvgIpc) is 2.55. The van der Waals surface area contributed by atoms with Gasteiger partial charge in [-0.25, -0.2) is 0 Å². The first kappa shape index (κ1) is 19.5. The van der Waals surface area contributed by atoms with Gasteiger partial charge in [-0.15, -0.1) is 6.58 Å². The maximum Gasteiger partial charge on any atom is 0.446 e. The number of para-hydroxylation sites is 2. The van der Waals surface area contributed by atoms with Crippen LogP contribution < -0.4 is 8.92 Å². The Kier molecular flexibility index (Phi) is 8.32. The van der Waals surface area contributed by atoms with E-state index in [4.69, 9.17) is 9.29 Å². The summed E-state index contributed by atoms with van der Waals surface area (Å²) in [5.41, 5.74) is 0.653.